The summed E-state index contributed by atoms with van der Waals surface area (Å²) in [5.74, 6) is 1.60. The molecule has 0 radical (unpaired) electrons. The minimum absolute atomic E-state index is 0. The predicted molar refractivity (Wildman–Crippen MR) is 114 cm³/mol. The van der Waals surface area contributed by atoms with E-state index in [0.717, 1.165) is 36.6 Å². The molecule has 1 atom stereocenters. The lowest BCUT2D eigenvalue weighted by Crippen LogP contribution is -2.40. The largest absolute Gasteiger partial charge is 0.371 e. The van der Waals surface area contributed by atoms with E-state index in [1.807, 2.05) is 7.05 Å². The number of rotatable bonds is 6. The second-order valence-corrected chi connectivity index (χ2v) is 6.73. The van der Waals surface area contributed by atoms with Crippen molar-refractivity contribution in [3.05, 3.63) is 28.7 Å². The van der Waals surface area contributed by atoms with Crippen LogP contribution in [0.25, 0.3) is 0 Å². The van der Waals surface area contributed by atoms with E-state index < -0.39 is 0 Å². The number of benzene rings is 1. The Morgan fingerprint density at radius 1 is 1.39 bits per heavy atom. The lowest BCUT2D eigenvalue weighted by Gasteiger charge is -2.19. The third-order valence-corrected chi connectivity index (χ3v) is 4.56. The number of hydrogen-bond acceptors (Lipinski definition) is 2. The highest BCUT2D eigenvalue weighted by Crippen LogP contribution is 2.25. The summed E-state index contributed by atoms with van der Waals surface area (Å²) in [5.41, 5.74) is 1.31. The van der Waals surface area contributed by atoms with E-state index in [1.165, 1.54) is 24.9 Å². The molecule has 0 saturated carbocycles. The molecular weight excluding hydrogens is 467 g/mol. The first-order valence-corrected chi connectivity index (χ1v) is 8.97. The maximum absolute atomic E-state index is 4.28. The summed E-state index contributed by atoms with van der Waals surface area (Å²) in [6, 6.07) is 8.56. The number of hydrogen-bond donors (Lipinski definition) is 2. The minimum atomic E-state index is 0. The Kier molecular flexibility index (Phi) is 9.94. The minimum Gasteiger partial charge on any atom is -0.371 e. The zero-order chi connectivity index (χ0) is 15.8. The number of nitrogens with zero attached hydrogens (tertiary/aromatic N) is 2. The molecule has 130 valence electrons. The van der Waals surface area contributed by atoms with E-state index in [1.54, 1.807) is 0 Å². The number of halogens is 2. The standard InChI is InChI=1S/C17H27BrN4.HI/c1-3-4-9-20-17(19-2)21-12-14-8-10-22(13-14)16-7-5-6-15(18)11-16;/h5-7,11,14H,3-4,8-10,12-13H2,1-2H3,(H2,19,20,21);1H. The van der Waals surface area contributed by atoms with E-state index in [-0.39, 0.29) is 24.0 Å². The highest BCUT2D eigenvalue weighted by Gasteiger charge is 2.22. The summed E-state index contributed by atoms with van der Waals surface area (Å²) in [7, 11) is 1.84. The second kappa shape index (κ2) is 11.1. The van der Waals surface area contributed by atoms with Crippen LogP contribution in [0.5, 0.6) is 0 Å². The van der Waals surface area contributed by atoms with E-state index >= 15 is 0 Å². The van der Waals surface area contributed by atoms with Gasteiger partial charge in [-0.15, -0.1) is 24.0 Å². The van der Waals surface area contributed by atoms with Crippen molar-refractivity contribution in [1.82, 2.24) is 10.6 Å². The summed E-state index contributed by atoms with van der Waals surface area (Å²) in [4.78, 5) is 6.75. The van der Waals surface area contributed by atoms with Gasteiger partial charge >= 0.3 is 0 Å². The molecule has 2 rings (SSSR count). The monoisotopic (exact) mass is 494 g/mol. The van der Waals surface area contributed by atoms with Crippen LogP contribution in [0.2, 0.25) is 0 Å². The molecule has 0 aromatic heterocycles. The van der Waals surface area contributed by atoms with Gasteiger partial charge in [0.1, 0.15) is 0 Å². The van der Waals surface area contributed by atoms with Crippen molar-refractivity contribution in [2.24, 2.45) is 10.9 Å². The SMILES string of the molecule is CCCCNC(=NC)NCC1CCN(c2cccc(Br)c2)C1.I. The molecule has 1 unspecified atom stereocenters. The number of guanidine groups is 1. The summed E-state index contributed by atoms with van der Waals surface area (Å²) >= 11 is 3.55. The van der Waals surface area contributed by atoms with Gasteiger partial charge in [0.15, 0.2) is 5.96 Å². The maximum Gasteiger partial charge on any atom is 0.190 e. The van der Waals surface area contributed by atoms with Crippen LogP contribution < -0.4 is 15.5 Å². The van der Waals surface area contributed by atoms with Gasteiger partial charge in [-0.05, 0) is 37.0 Å². The molecule has 1 aliphatic heterocycles. The Hall–Kier alpha value is -0.500. The normalized spacial score (nSPS) is 17.8. The lowest BCUT2D eigenvalue weighted by molar-refractivity contribution is 0.565. The highest BCUT2D eigenvalue weighted by atomic mass is 127. The lowest BCUT2D eigenvalue weighted by atomic mass is 10.1. The molecule has 0 spiro atoms. The molecule has 4 nitrogen and oxygen atoms in total. The Morgan fingerprint density at radius 2 is 2.22 bits per heavy atom. The fourth-order valence-corrected chi connectivity index (χ4v) is 3.14. The Bertz CT molecular complexity index is 495. The average Bonchev–Trinajstić information content (AvgIpc) is 3.00. The molecular formula is C17H28BrIN4. The molecule has 23 heavy (non-hydrogen) atoms. The van der Waals surface area contributed by atoms with Gasteiger partial charge in [0, 0.05) is 43.4 Å². The van der Waals surface area contributed by atoms with Crippen molar-refractivity contribution in [1.29, 1.82) is 0 Å². The van der Waals surface area contributed by atoms with Crippen LogP contribution in [0.15, 0.2) is 33.7 Å². The maximum atomic E-state index is 4.28. The fourth-order valence-electron chi connectivity index (χ4n) is 2.75. The summed E-state index contributed by atoms with van der Waals surface area (Å²) < 4.78 is 1.15. The van der Waals surface area contributed by atoms with Crippen LogP contribution in [-0.4, -0.2) is 39.2 Å². The topological polar surface area (TPSA) is 39.7 Å². The number of nitrogens with one attached hydrogen (secondary N) is 2. The first-order chi connectivity index (χ1) is 10.7. The zero-order valence-corrected chi connectivity index (χ0v) is 17.9. The van der Waals surface area contributed by atoms with Gasteiger partial charge in [0.25, 0.3) is 0 Å². The molecule has 1 fully saturated rings. The van der Waals surface area contributed by atoms with Crippen molar-refractivity contribution in [2.75, 3.05) is 38.1 Å². The van der Waals surface area contributed by atoms with Crippen LogP contribution in [0, 0.1) is 5.92 Å². The Morgan fingerprint density at radius 3 is 2.91 bits per heavy atom. The van der Waals surface area contributed by atoms with Crippen LogP contribution in [0.4, 0.5) is 5.69 Å². The van der Waals surface area contributed by atoms with Gasteiger partial charge in [-0.1, -0.05) is 35.3 Å². The van der Waals surface area contributed by atoms with E-state index in [0.29, 0.717) is 5.92 Å². The van der Waals surface area contributed by atoms with Gasteiger partial charge < -0.3 is 15.5 Å². The van der Waals surface area contributed by atoms with Crippen LogP contribution in [0.3, 0.4) is 0 Å². The van der Waals surface area contributed by atoms with Crippen LogP contribution >= 0.6 is 39.9 Å². The predicted octanol–water partition coefficient (Wildman–Crippen LogP) is 3.86. The average molecular weight is 495 g/mol. The molecule has 1 aromatic carbocycles. The van der Waals surface area contributed by atoms with E-state index in [4.69, 9.17) is 0 Å². The van der Waals surface area contributed by atoms with Gasteiger partial charge in [-0.2, -0.15) is 0 Å². The third kappa shape index (κ3) is 6.87. The van der Waals surface area contributed by atoms with Crippen LogP contribution in [-0.2, 0) is 0 Å². The molecule has 1 heterocycles. The van der Waals surface area contributed by atoms with E-state index in [9.17, 15) is 0 Å². The molecule has 6 heteroatoms. The molecule has 2 N–H and O–H groups in total. The molecule has 1 aromatic rings. The van der Waals surface area contributed by atoms with Crippen molar-refractivity contribution >= 4 is 51.6 Å². The van der Waals surface area contributed by atoms with Crippen molar-refractivity contribution in [3.8, 4) is 0 Å². The van der Waals surface area contributed by atoms with Gasteiger partial charge in [0.05, 0.1) is 0 Å². The zero-order valence-electron chi connectivity index (χ0n) is 14.0. The van der Waals surface area contributed by atoms with Crippen LogP contribution in [0.1, 0.15) is 26.2 Å². The third-order valence-electron chi connectivity index (χ3n) is 4.06. The van der Waals surface area contributed by atoms with Gasteiger partial charge in [-0.25, -0.2) is 0 Å². The van der Waals surface area contributed by atoms with E-state index in [2.05, 4.69) is 67.6 Å². The summed E-state index contributed by atoms with van der Waals surface area (Å²) in [6.07, 6.45) is 3.61. The Labute approximate surface area is 165 Å². The Balaban J connectivity index is 0.00000264. The molecule has 0 bridgehead atoms. The molecule has 0 amide bonds. The van der Waals surface area contributed by atoms with Crippen molar-refractivity contribution in [2.45, 2.75) is 26.2 Å². The van der Waals surface area contributed by atoms with Gasteiger partial charge in [-0.3, -0.25) is 4.99 Å². The first-order valence-electron chi connectivity index (χ1n) is 8.18. The second-order valence-electron chi connectivity index (χ2n) is 5.81. The quantitative estimate of drug-likeness (QED) is 0.273. The smallest absolute Gasteiger partial charge is 0.190 e. The summed E-state index contributed by atoms with van der Waals surface area (Å²) in [6.45, 7) is 6.41. The summed E-state index contributed by atoms with van der Waals surface area (Å²) in [5, 5.41) is 6.82. The number of aliphatic imine (C=N–C) groups is 1. The van der Waals surface area contributed by atoms with Crippen molar-refractivity contribution in [3.63, 3.8) is 0 Å². The number of anilines is 1. The van der Waals surface area contributed by atoms with Crippen molar-refractivity contribution < 1.29 is 0 Å². The molecule has 1 saturated heterocycles. The fraction of sp³-hybridized carbons (Fsp3) is 0.588. The first kappa shape index (κ1) is 20.5. The molecule has 0 aliphatic carbocycles. The number of unbranched alkanes of at least 4 members (excludes halogenated alkanes) is 1. The van der Waals surface area contributed by atoms with Gasteiger partial charge in [0.2, 0.25) is 0 Å². The molecule has 1 aliphatic rings. The highest BCUT2D eigenvalue weighted by molar-refractivity contribution is 14.0.